The highest BCUT2D eigenvalue weighted by atomic mass is 19.4. The van der Waals surface area contributed by atoms with Gasteiger partial charge in [-0.25, -0.2) is 0 Å². The number of nitrogens with one attached hydrogen (secondary N) is 2. The minimum absolute atomic E-state index is 0.172. The fourth-order valence-electron chi connectivity index (χ4n) is 2.98. The summed E-state index contributed by atoms with van der Waals surface area (Å²) in [5.74, 6) is -0.785. The molecule has 8 heteroatoms. The third kappa shape index (κ3) is 5.45. The van der Waals surface area contributed by atoms with Gasteiger partial charge in [0.15, 0.2) is 0 Å². The molecule has 1 fully saturated rings. The van der Waals surface area contributed by atoms with Crippen LogP contribution in [-0.2, 0) is 15.8 Å². The number of hydrogen-bond donors (Lipinski definition) is 2. The molecule has 1 aliphatic carbocycles. The Labute approximate surface area is 150 Å². The van der Waals surface area contributed by atoms with E-state index >= 15 is 0 Å². The summed E-state index contributed by atoms with van der Waals surface area (Å²) in [6.07, 6.45) is -0.454. The van der Waals surface area contributed by atoms with Crippen molar-refractivity contribution in [3.05, 3.63) is 29.8 Å². The second-order valence-corrected chi connectivity index (χ2v) is 6.67. The lowest BCUT2D eigenvalue weighted by atomic mass is 10.1. The van der Waals surface area contributed by atoms with Gasteiger partial charge in [-0.05, 0) is 38.9 Å². The van der Waals surface area contributed by atoms with E-state index in [1.807, 2.05) is 0 Å². The average molecular weight is 371 g/mol. The Hall–Kier alpha value is -2.09. The first kappa shape index (κ1) is 20.2. The van der Waals surface area contributed by atoms with Crippen LogP contribution >= 0.6 is 0 Å². The second-order valence-electron chi connectivity index (χ2n) is 6.67. The molecule has 0 aromatic heterocycles. The van der Waals surface area contributed by atoms with E-state index in [9.17, 15) is 22.8 Å². The maximum Gasteiger partial charge on any atom is 0.418 e. The van der Waals surface area contributed by atoms with E-state index in [2.05, 4.69) is 10.6 Å². The standard InChI is InChI=1S/C18H24F3N3O2/c1-12(17(26)22-13-7-3-4-8-13)24(2)11-16(25)23-15-10-6-5-9-14(15)18(19,20)21/h5-6,9-10,12-13H,3-4,7-8,11H2,1-2H3,(H,22,26)(H,23,25). The Morgan fingerprint density at radius 2 is 1.85 bits per heavy atom. The molecule has 1 aromatic carbocycles. The third-order valence-corrected chi connectivity index (χ3v) is 4.64. The number of rotatable bonds is 6. The molecule has 0 radical (unpaired) electrons. The van der Waals surface area contributed by atoms with Gasteiger partial charge in [-0.2, -0.15) is 13.2 Å². The van der Waals surface area contributed by atoms with Crippen molar-refractivity contribution in [2.45, 2.75) is 50.9 Å². The Balaban J connectivity index is 1.91. The molecule has 1 aliphatic rings. The highest BCUT2D eigenvalue weighted by Crippen LogP contribution is 2.34. The van der Waals surface area contributed by atoms with Crippen LogP contribution in [0, 0.1) is 0 Å². The van der Waals surface area contributed by atoms with Crippen LogP contribution < -0.4 is 10.6 Å². The Kier molecular flexibility index (Phi) is 6.63. The van der Waals surface area contributed by atoms with Gasteiger partial charge in [-0.3, -0.25) is 14.5 Å². The van der Waals surface area contributed by atoms with Crippen LogP contribution in [0.1, 0.15) is 38.2 Å². The summed E-state index contributed by atoms with van der Waals surface area (Å²) in [5.41, 5.74) is -1.19. The van der Waals surface area contributed by atoms with Crippen molar-refractivity contribution < 1.29 is 22.8 Å². The molecule has 2 rings (SSSR count). The van der Waals surface area contributed by atoms with Crippen molar-refractivity contribution in [3.8, 4) is 0 Å². The quantitative estimate of drug-likeness (QED) is 0.808. The van der Waals surface area contributed by atoms with E-state index in [4.69, 9.17) is 0 Å². The van der Waals surface area contributed by atoms with Crippen molar-refractivity contribution in [2.24, 2.45) is 0 Å². The molecule has 0 heterocycles. The molecule has 0 bridgehead atoms. The van der Waals surface area contributed by atoms with Gasteiger partial charge in [-0.1, -0.05) is 25.0 Å². The predicted molar refractivity (Wildman–Crippen MR) is 92.6 cm³/mol. The summed E-state index contributed by atoms with van der Waals surface area (Å²) in [6, 6.07) is 4.42. The van der Waals surface area contributed by atoms with Gasteiger partial charge in [0, 0.05) is 6.04 Å². The van der Waals surface area contributed by atoms with Gasteiger partial charge >= 0.3 is 6.18 Å². The molecule has 26 heavy (non-hydrogen) atoms. The number of likely N-dealkylation sites (N-methyl/N-ethyl adjacent to an activating group) is 1. The molecule has 5 nitrogen and oxygen atoms in total. The van der Waals surface area contributed by atoms with Crippen LogP contribution in [0.5, 0.6) is 0 Å². The van der Waals surface area contributed by atoms with E-state index < -0.39 is 23.7 Å². The molecule has 144 valence electrons. The summed E-state index contributed by atoms with van der Waals surface area (Å²) in [5, 5.41) is 5.23. The monoisotopic (exact) mass is 371 g/mol. The normalized spacial score (nSPS) is 16.5. The van der Waals surface area contributed by atoms with Gasteiger partial charge < -0.3 is 10.6 Å². The van der Waals surface area contributed by atoms with Gasteiger partial charge in [0.2, 0.25) is 11.8 Å². The van der Waals surface area contributed by atoms with Crippen LogP contribution in [-0.4, -0.2) is 42.4 Å². The number of carbonyl (C=O) groups excluding carboxylic acids is 2. The van der Waals surface area contributed by atoms with Gasteiger partial charge in [0.1, 0.15) is 0 Å². The van der Waals surface area contributed by atoms with Crippen LogP contribution in [0.2, 0.25) is 0 Å². The van der Waals surface area contributed by atoms with Crippen LogP contribution in [0.3, 0.4) is 0 Å². The average Bonchev–Trinajstić information content (AvgIpc) is 3.06. The molecule has 2 amide bonds. The maximum absolute atomic E-state index is 13.0. The Bertz CT molecular complexity index is 643. The van der Waals surface area contributed by atoms with E-state index in [0.29, 0.717) is 0 Å². The Morgan fingerprint density at radius 1 is 1.23 bits per heavy atom. The van der Waals surface area contributed by atoms with E-state index in [0.717, 1.165) is 31.7 Å². The fourth-order valence-corrected chi connectivity index (χ4v) is 2.98. The second kappa shape index (κ2) is 8.53. The lowest BCUT2D eigenvalue weighted by Gasteiger charge is -2.25. The summed E-state index contributed by atoms with van der Waals surface area (Å²) in [6.45, 7) is 1.48. The number of para-hydroxylation sites is 1. The zero-order valence-corrected chi connectivity index (χ0v) is 14.9. The van der Waals surface area contributed by atoms with Crippen molar-refractivity contribution in [1.82, 2.24) is 10.2 Å². The van der Waals surface area contributed by atoms with Gasteiger partial charge in [0.25, 0.3) is 0 Å². The molecule has 1 saturated carbocycles. The zero-order chi connectivity index (χ0) is 19.3. The van der Waals surface area contributed by atoms with Crippen molar-refractivity contribution in [3.63, 3.8) is 0 Å². The van der Waals surface area contributed by atoms with E-state index in [1.54, 1.807) is 14.0 Å². The largest absolute Gasteiger partial charge is 0.418 e. The number of benzene rings is 1. The minimum atomic E-state index is -4.55. The lowest BCUT2D eigenvalue weighted by Crippen LogP contribution is -2.48. The lowest BCUT2D eigenvalue weighted by molar-refractivity contribution is -0.137. The molecule has 2 N–H and O–H groups in total. The first-order chi connectivity index (χ1) is 12.2. The SMILES string of the molecule is CC(C(=O)NC1CCCC1)N(C)CC(=O)Nc1ccccc1C(F)(F)F. The highest BCUT2D eigenvalue weighted by Gasteiger charge is 2.33. The Morgan fingerprint density at radius 3 is 2.46 bits per heavy atom. The summed E-state index contributed by atoms with van der Waals surface area (Å²) < 4.78 is 38.9. The first-order valence-electron chi connectivity index (χ1n) is 8.65. The maximum atomic E-state index is 13.0. The third-order valence-electron chi connectivity index (χ3n) is 4.64. The molecular weight excluding hydrogens is 347 g/mol. The summed E-state index contributed by atoms with van der Waals surface area (Å²) in [7, 11) is 1.59. The van der Waals surface area contributed by atoms with E-state index in [-0.39, 0.29) is 24.2 Å². The highest BCUT2D eigenvalue weighted by molar-refractivity contribution is 5.93. The molecule has 1 aromatic rings. The number of nitrogens with zero attached hydrogens (tertiary/aromatic N) is 1. The molecule has 1 atom stereocenters. The zero-order valence-electron chi connectivity index (χ0n) is 14.9. The van der Waals surface area contributed by atoms with Crippen LogP contribution in [0.15, 0.2) is 24.3 Å². The molecule has 0 spiro atoms. The number of anilines is 1. The molecular formula is C18H24F3N3O2. The van der Waals surface area contributed by atoms with Gasteiger partial charge in [0.05, 0.1) is 23.8 Å². The number of halogens is 3. The number of hydrogen-bond acceptors (Lipinski definition) is 3. The number of amides is 2. The summed E-state index contributed by atoms with van der Waals surface area (Å²) >= 11 is 0. The van der Waals surface area contributed by atoms with Crippen LogP contribution in [0.25, 0.3) is 0 Å². The number of carbonyl (C=O) groups is 2. The molecule has 0 saturated heterocycles. The summed E-state index contributed by atoms with van der Waals surface area (Å²) in [4.78, 5) is 25.9. The number of alkyl halides is 3. The fraction of sp³-hybridized carbons (Fsp3) is 0.556. The van der Waals surface area contributed by atoms with Crippen LogP contribution in [0.4, 0.5) is 18.9 Å². The topological polar surface area (TPSA) is 61.4 Å². The molecule has 0 aliphatic heterocycles. The minimum Gasteiger partial charge on any atom is -0.352 e. The first-order valence-corrected chi connectivity index (χ1v) is 8.65. The smallest absolute Gasteiger partial charge is 0.352 e. The van der Waals surface area contributed by atoms with E-state index in [1.165, 1.54) is 23.1 Å². The van der Waals surface area contributed by atoms with Crippen molar-refractivity contribution in [2.75, 3.05) is 18.9 Å². The predicted octanol–water partition coefficient (Wildman–Crippen LogP) is 3.02. The molecule has 1 unspecified atom stereocenters. The van der Waals surface area contributed by atoms with Gasteiger partial charge in [-0.15, -0.1) is 0 Å². The van der Waals surface area contributed by atoms with Crippen molar-refractivity contribution in [1.29, 1.82) is 0 Å². The van der Waals surface area contributed by atoms with Crippen molar-refractivity contribution >= 4 is 17.5 Å².